The Balaban J connectivity index is 0.00000312. The molecule has 0 aliphatic carbocycles. The third-order valence-electron chi connectivity index (χ3n) is 5.12. The Labute approximate surface area is 176 Å². The van der Waals surface area contributed by atoms with Crippen molar-refractivity contribution in [2.24, 2.45) is 16.8 Å². The molecule has 0 saturated carbocycles. The van der Waals surface area contributed by atoms with E-state index in [9.17, 15) is 0 Å². The first-order valence-corrected chi connectivity index (χ1v) is 10.5. The molecule has 0 bridgehead atoms. The van der Waals surface area contributed by atoms with Gasteiger partial charge in [0.1, 0.15) is 0 Å². The Morgan fingerprint density at radius 1 is 1.16 bits per heavy atom. The molecule has 2 heterocycles. The van der Waals surface area contributed by atoms with E-state index >= 15 is 0 Å². The summed E-state index contributed by atoms with van der Waals surface area (Å²) >= 11 is 2.12. The summed E-state index contributed by atoms with van der Waals surface area (Å²) < 4.78 is 0. The van der Waals surface area contributed by atoms with Crippen LogP contribution in [-0.2, 0) is 0 Å². The van der Waals surface area contributed by atoms with Crippen molar-refractivity contribution < 1.29 is 0 Å². The van der Waals surface area contributed by atoms with Crippen LogP contribution in [0, 0.1) is 11.8 Å². The van der Waals surface area contributed by atoms with E-state index in [-0.39, 0.29) is 24.0 Å². The Kier molecular flexibility index (Phi) is 11.1. The standard InChI is InChI=1S/C18H37N5S.HI/c1-15(2)17-14-23(10-11-24-17)18(19-4)20-12-16(3)13-22-8-6-21(5)7-9-22;/h15-17H,6-14H2,1-5H3,(H,19,20);1H. The van der Waals surface area contributed by atoms with Crippen LogP contribution in [0.1, 0.15) is 20.8 Å². The van der Waals surface area contributed by atoms with Crippen molar-refractivity contribution in [3.8, 4) is 0 Å². The molecule has 2 atom stereocenters. The number of nitrogens with one attached hydrogen (secondary N) is 1. The van der Waals surface area contributed by atoms with Crippen molar-refractivity contribution in [3.05, 3.63) is 0 Å². The zero-order valence-corrected chi connectivity index (χ0v) is 19.8. The number of nitrogens with zero attached hydrogens (tertiary/aromatic N) is 4. The van der Waals surface area contributed by atoms with E-state index in [4.69, 9.17) is 0 Å². The minimum Gasteiger partial charge on any atom is -0.356 e. The second-order valence-electron chi connectivity index (χ2n) is 7.74. The van der Waals surface area contributed by atoms with Crippen LogP contribution in [0.2, 0.25) is 0 Å². The van der Waals surface area contributed by atoms with Gasteiger partial charge in [0.15, 0.2) is 5.96 Å². The van der Waals surface area contributed by atoms with Gasteiger partial charge >= 0.3 is 0 Å². The van der Waals surface area contributed by atoms with E-state index in [0.717, 1.165) is 36.8 Å². The Hall–Kier alpha value is 0.270. The minimum absolute atomic E-state index is 0. The summed E-state index contributed by atoms with van der Waals surface area (Å²) in [6, 6.07) is 0. The van der Waals surface area contributed by atoms with Crippen LogP contribution in [0.4, 0.5) is 0 Å². The zero-order valence-electron chi connectivity index (χ0n) is 16.7. The van der Waals surface area contributed by atoms with E-state index in [1.165, 1.54) is 38.5 Å². The van der Waals surface area contributed by atoms with Gasteiger partial charge in [0.05, 0.1) is 0 Å². The molecule has 1 N–H and O–H groups in total. The van der Waals surface area contributed by atoms with E-state index in [1.54, 1.807) is 0 Å². The highest BCUT2D eigenvalue weighted by Gasteiger charge is 2.25. The summed E-state index contributed by atoms with van der Waals surface area (Å²) in [5.41, 5.74) is 0. The summed E-state index contributed by atoms with van der Waals surface area (Å²) in [4.78, 5) is 12.0. The molecule has 7 heteroatoms. The molecule has 2 aliphatic heterocycles. The number of likely N-dealkylation sites (N-methyl/N-ethyl adjacent to an activating group) is 1. The first kappa shape index (κ1) is 23.3. The molecule has 2 aliphatic rings. The summed E-state index contributed by atoms with van der Waals surface area (Å²) in [5.74, 6) is 3.67. The fraction of sp³-hybridized carbons (Fsp3) is 0.944. The summed E-state index contributed by atoms with van der Waals surface area (Å²) in [6.07, 6.45) is 0. The number of halogens is 1. The van der Waals surface area contributed by atoms with Crippen LogP contribution in [0.3, 0.4) is 0 Å². The van der Waals surface area contributed by atoms with Gasteiger partial charge in [-0.25, -0.2) is 0 Å². The second kappa shape index (κ2) is 11.9. The first-order valence-electron chi connectivity index (χ1n) is 9.47. The predicted octanol–water partition coefficient (Wildman–Crippen LogP) is 2.14. The third-order valence-corrected chi connectivity index (χ3v) is 6.66. The van der Waals surface area contributed by atoms with Crippen LogP contribution >= 0.6 is 35.7 Å². The van der Waals surface area contributed by atoms with Crippen molar-refractivity contribution in [1.29, 1.82) is 0 Å². The van der Waals surface area contributed by atoms with Crippen molar-refractivity contribution in [3.63, 3.8) is 0 Å². The smallest absolute Gasteiger partial charge is 0.193 e. The lowest BCUT2D eigenvalue weighted by Crippen LogP contribution is -2.51. The molecule has 0 aromatic heterocycles. The maximum atomic E-state index is 4.54. The first-order chi connectivity index (χ1) is 11.5. The molecule has 148 valence electrons. The molecular formula is C18H38IN5S. The molecule has 2 rings (SSSR count). The second-order valence-corrected chi connectivity index (χ2v) is 9.08. The van der Waals surface area contributed by atoms with Gasteiger partial charge in [0, 0.05) is 70.4 Å². The quantitative estimate of drug-likeness (QED) is 0.368. The van der Waals surface area contributed by atoms with Crippen molar-refractivity contribution in [2.75, 3.05) is 72.2 Å². The van der Waals surface area contributed by atoms with Crippen molar-refractivity contribution in [1.82, 2.24) is 20.0 Å². The molecule has 0 amide bonds. The molecule has 0 aromatic rings. The van der Waals surface area contributed by atoms with E-state index in [2.05, 4.69) is 64.6 Å². The number of guanidine groups is 1. The molecule has 5 nitrogen and oxygen atoms in total. The third kappa shape index (κ3) is 7.81. The molecule has 2 fully saturated rings. The van der Waals surface area contributed by atoms with Gasteiger partial charge in [-0.05, 0) is 18.9 Å². The summed E-state index contributed by atoms with van der Waals surface area (Å²) in [5, 5.41) is 4.35. The Morgan fingerprint density at radius 2 is 1.84 bits per heavy atom. The maximum Gasteiger partial charge on any atom is 0.193 e. The van der Waals surface area contributed by atoms with E-state index < -0.39 is 0 Å². The van der Waals surface area contributed by atoms with Gasteiger partial charge in [-0.3, -0.25) is 4.99 Å². The average molecular weight is 484 g/mol. The van der Waals surface area contributed by atoms with Gasteiger partial charge < -0.3 is 20.0 Å². The SMILES string of the molecule is CN=C(NCC(C)CN1CCN(C)CC1)N1CCSC(C(C)C)C1.I. The van der Waals surface area contributed by atoms with Crippen molar-refractivity contribution >= 4 is 41.7 Å². The van der Waals surface area contributed by atoms with Crippen LogP contribution in [-0.4, -0.2) is 98.1 Å². The Morgan fingerprint density at radius 3 is 2.44 bits per heavy atom. The lowest BCUT2D eigenvalue weighted by molar-refractivity contribution is 0.139. The van der Waals surface area contributed by atoms with Gasteiger partial charge in [-0.15, -0.1) is 24.0 Å². The lowest BCUT2D eigenvalue weighted by atomic mass is 10.1. The lowest BCUT2D eigenvalue weighted by Gasteiger charge is -2.37. The Bertz CT molecular complexity index is 399. The number of rotatable bonds is 5. The average Bonchev–Trinajstić information content (AvgIpc) is 2.58. The molecule has 2 unspecified atom stereocenters. The van der Waals surface area contributed by atoms with Crippen LogP contribution < -0.4 is 5.32 Å². The molecule has 0 spiro atoms. The summed E-state index contributed by atoms with van der Waals surface area (Å²) in [7, 11) is 4.13. The van der Waals surface area contributed by atoms with E-state index in [0.29, 0.717) is 5.92 Å². The fourth-order valence-electron chi connectivity index (χ4n) is 3.40. The fourth-order valence-corrected chi connectivity index (χ4v) is 4.70. The number of thioether (sulfide) groups is 1. The van der Waals surface area contributed by atoms with E-state index in [1.807, 2.05) is 7.05 Å². The highest BCUT2D eigenvalue weighted by atomic mass is 127. The normalized spacial score (nSPS) is 25.0. The van der Waals surface area contributed by atoms with Gasteiger partial charge in [0.2, 0.25) is 0 Å². The molecule has 0 radical (unpaired) electrons. The van der Waals surface area contributed by atoms with Gasteiger partial charge in [0.25, 0.3) is 0 Å². The monoisotopic (exact) mass is 483 g/mol. The highest BCUT2D eigenvalue weighted by molar-refractivity contribution is 14.0. The number of aliphatic imine (C=N–C) groups is 1. The largest absolute Gasteiger partial charge is 0.356 e. The predicted molar refractivity (Wildman–Crippen MR) is 123 cm³/mol. The van der Waals surface area contributed by atoms with Crippen LogP contribution in [0.15, 0.2) is 4.99 Å². The molecule has 25 heavy (non-hydrogen) atoms. The van der Waals surface area contributed by atoms with Gasteiger partial charge in [-0.2, -0.15) is 11.8 Å². The van der Waals surface area contributed by atoms with Crippen LogP contribution in [0.5, 0.6) is 0 Å². The summed E-state index contributed by atoms with van der Waals surface area (Å²) in [6.45, 7) is 16.2. The zero-order chi connectivity index (χ0) is 17.5. The molecular weight excluding hydrogens is 445 g/mol. The van der Waals surface area contributed by atoms with Gasteiger partial charge in [-0.1, -0.05) is 20.8 Å². The maximum absolute atomic E-state index is 4.54. The number of piperazine rings is 1. The molecule has 2 saturated heterocycles. The van der Waals surface area contributed by atoms with Crippen molar-refractivity contribution in [2.45, 2.75) is 26.0 Å². The topological polar surface area (TPSA) is 34.1 Å². The van der Waals surface area contributed by atoms with Crippen LogP contribution in [0.25, 0.3) is 0 Å². The number of hydrogen-bond donors (Lipinski definition) is 1. The minimum atomic E-state index is 0. The highest BCUT2D eigenvalue weighted by Crippen LogP contribution is 2.24. The number of hydrogen-bond acceptors (Lipinski definition) is 4. The molecule has 0 aromatic carbocycles.